The molecule has 0 atom stereocenters. The van der Waals surface area contributed by atoms with Gasteiger partial charge in [-0.3, -0.25) is 14.8 Å². The maximum atomic E-state index is 13.9. The number of aromatic nitrogens is 2. The van der Waals surface area contributed by atoms with Crippen LogP contribution < -0.4 is 0 Å². The average molecular weight is 342 g/mol. The first-order chi connectivity index (χ1) is 11.8. The molecule has 4 rings (SSSR count). The Morgan fingerprint density at radius 2 is 1.79 bits per heavy atom. The van der Waals surface area contributed by atoms with Crippen LogP contribution in [0.3, 0.4) is 0 Å². The first kappa shape index (κ1) is 15.6. The number of nitrogens with zero attached hydrogens (tertiary/aromatic N) is 4. The van der Waals surface area contributed by atoms with Crippen molar-refractivity contribution in [3.05, 3.63) is 58.4 Å². The molecule has 0 spiro atoms. The normalized spacial score (nSPS) is 16.7. The van der Waals surface area contributed by atoms with E-state index in [1.807, 2.05) is 11.6 Å². The number of fused-ring (bicyclic) bond motifs is 1. The summed E-state index contributed by atoms with van der Waals surface area (Å²) in [5.41, 5.74) is 4.92. The Bertz CT molecular complexity index is 813. The van der Waals surface area contributed by atoms with Crippen LogP contribution in [0.1, 0.15) is 11.3 Å². The van der Waals surface area contributed by atoms with Gasteiger partial charge < -0.3 is 0 Å². The predicted molar refractivity (Wildman–Crippen MR) is 94.4 cm³/mol. The zero-order valence-corrected chi connectivity index (χ0v) is 14.2. The molecule has 0 amide bonds. The van der Waals surface area contributed by atoms with E-state index in [0.717, 1.165) is 56.0 Å². The fourth-order valence-corrected chi connectivity index (χ4v) is 3.76. The second-order valence-electron chi connectivity index (χ2n) is 6.14. The fourth-order valence-electron chi connectivity index (χ4n) is 3.22. The second kappa shape index (κ2) is 6.93. The van der Waals surface area contributed by atoms with Crippen LogP contribution in [-0.2, 0) is 13.1 Å². The molecule has 0 saturated carbocycles. The molecule has 4 nitrogen and oxygen atoms in total. The van der Waals surface area contributed by atoms with Gasteiger partial charge in [-0.15, -0.1) is 11.3 Å². The van der Waals surface area contributed by atoms with Gasteiger partial charge in [-0.1, -0.05) is 6.07 Å². The maximum Gasteiger partial charge on any atom is 0.132 e. The number of halogens is 1. The van der Waals surface area contributed by atoms with Crippen LogP contribution >= 0.6 is 11.3 Å². The first-order valence-corrected chi connectivity index (χ1v) is 9.08. The summed E-state index contributed by atoms with van der Waals surface area (Å²) in [4.78, 5) is 13.6. The highest BCUT2D eigenvalue weighted by molar-refractivity contribution is 7.07. The maximum absolute atomic E-state index is 13.9. The van der Waals surface area contributed by atoms with Crippen LogP contribution in [0.25, 0.3) is 10.9 Å². The topological polar surface area (TPSA) is 32.3 Å². The van der Waals surface area contributed by atoms with Crippen molar-refractivity contribution >= 4 is 22.2 Å². The van der Waals surface area contributed by atoms with E-state index >= 15 is 0 Å². The third-order valence-corrected chi connectivity index (χ3v) is 5.16. The lowest BCUT2D eigenvalue weighted by Crippen LogP contribution is -2.45. The van der Waals surface area contributed by atoms with Gasteiger partial charge in [-0.2, -0.15) is 0 Å². The SMILES string of the molecule is Fc1ccc(CN2CCN(Cc3cscn3)CC2)c2ncccc12. The number of hydrogen-bond donors (Lipinski definition) is 0. The molecular weight excluding hydrogens is 323 g/mol. The number of pyridine rings is 1. The summed E-state index contributed by atoms with van der Waals surface area (Å²) < 4.78 is 13.9. The lowest BCUT2D eigenvalue weighted by Gasteiger charge is -2.34. The Kier molecular flexibility index (Phi) is 4.51. The number of benzene rings is 1. The van der Waals surface area contributed by atoms with Crippen molar-refractivity contribution in [2.75, 3.05) is 26.2 Å². The second-order valence-corrected chi connectivity index (χ2v) is 6.86. The highest BCUT2D eigenvalue weighted by Gasteiger charge is 2.19. The Hall–Kier alpha value is -1.89. The van der Waals surface area contributed by atoms with Gasteiger partial charge in [-0.25, -0.2) is 9.37 Å². The molecule has 1 saturated heterocycles. The monoisotopic (exact) mass is 342 g/mol. The van der Waals surface area contributed by atoms with E-state index in [4.69, 9.17) is 0 Å². The Morgan fingerprint density at radius 3 is 2.54 bits per heavy atom. The van der Waals surface area contributed by atoms with Gasteiger partial charge in [0.2, 0.25) is 0 Å². The summed E-state index contributed by atoms with van der Waals surface area (Å²) in [5.74, 6) is -0.199. The minimum Gasteiger partial charge on any atom is -0.296 e. The van der Waals surface area contributed by atoms with Crippen molar-refractivity contribution in [1.82, 2.24) is 19.8 Å². The molecule has 24 heavy (non-hydrogen) atoms. The van der Waals surface area contributed by atoms with Gasteiger partial charge in [0.1, 0.15) is 5.82 Å². The number of thiazole rings is 1. The molecule has 0 bridgehead atoms. The number of piperazine rings is 1. The largest absolute Gasteiger partial charge is 0.296 e. The zero-order chi connectivity index (χ0) is 16.4. The molecule has 0 radical (unpaired) electrons. The van der Waals surface area contributed by atoms with E-state index in [1.165, 1.54) is 0 Å². The van der Waals surface area contributed by atoms with Crippen molar-refractivity contribution in [1.29, 1.82) is 0 Å². The lowest BCUT2D eigenvalue weighted by molar-refractivity contribution is 0.121. The molecule has 3 heterocycles. The molecule has 2 aromatic heterocycles. The van der Waals surface area contributed by atoms with E-state index in [1.54, 1.807) is 35.7 Å². The van der Waals surface area contributed by atoms with Gasteiger partial charge >= 0.3 is 0 Å². The quantitative estimate of drug-likeness (QED) is 0.729. The van der Waals surface area contributed by atoms with Crippen LogP contribution in [0.2, 0.25) is 0 Å². The Balaban J connectivity index is 1.41. The van der Waals surface area contributed by atoms with E-state index < -0.39 is 0 Å². The highest BCUT2D eigenvalue weighted by atomic mass is 32.1. The lowest BCUT2D eigenvalue weighted by atomic mass is 10.1. The molecule has 1 fully saturated rings. The summed E-state index contributed by atoms with van der Waals surface area (Å²) in [6.07, 6.45) is 1.73. The average Bonchev–Trinajstić information content (AvgIpc) is 3.12. The summed E-state index contributed by atoms with van der Waals surface area (Å²) in [6, 6.07) is 7.00. The molecule has 3 aromatic rings. The van der Waals surface area contributed by atoms with Crippen molar-refractivity contribution in [2.24, 2.45) is 0 Å². The van der Waals surface area contributed by atoms with E-state index in [-0.39, 0.29) is 5.82 Å². The molecule has 6 heteroatoms. The summed E-state index contributed by atoms with van der Waals surface area (Å²) in [7, 11) is 0. The third-order valence-electron chi connectivity index (χ3n) is 4.53. The van der Waals surface area contributed by atoms with E-state index in [0.29, 0.717) is 5.39 Å². The molecule has 1 aliphatic rings. The summed E-state index contributed by atoms with van der Waals surface area (Å²) in [6.45, 7) is 5.83. The van der Waals surface area contributed by atoms with Crippen LogP contribution in [0, 0.1) is 5.82 Å². The zero-order valence-electron chi connectivity index (χ0n) is 13.4. The first-order valence-electron chi connectivity index (χ1n) is 8.13. The Morgan fingerprint density at radius 1 is 1.00 bits per heavy atom. The van der Waals surface area contributed by atoms with Gasteiger partial charge in [0.05, 0.1) is 16.7 Å². The van der Waals surface area contributed by atoms with Crippen LogP contribution in [0.15, 0.2) is 41.4 Å². The van der Waals surface area contributed by atoms with E-state index in [9.17, 15) is 4.39 Å². The van der Waals surface area contributed by atoms with Crippen molar-refractivity contribution < 1.29 is 4.39 Å². The van der Waals surface area contributed by atoms with Gasteiger partial charge in [0.25, 0.3) is 0 Å². The molecule has 124 valence electrons. The van der Waals surface area contributed by atoms with Crippen LogP contribution in [0.5, 0.6) is 0 Å². The van der Waals surface area contributed by atoms with E-state index in [2.05, 4.69) is 25.1 Å². The van der Waals surface area contributed by atoms with Crippen molar-refractivity contribution in [2.45, 2.75) is 13.1 Å². The standard InChI is InChI=1S/C18H19FN4S/c19-17-4-3-14(18-16(17)2-1-5-20-18)10-22-6-8-23(9-7-22)11-15-12-24-13-21-15/h1-5,12-13H,6-11H2. The fraction of sp³-hybridized carbons (Fsp3) is 0.333. The van der Waals surface area contributed by atoms with Crippen LogP contribution in [-0.4, -0.2) is 45.9 Å². The number of hydrogen-bond acceptors (Lipinski definition) is 5. The Labute approximate surface area is 144 Å². The molecule has 0 N–H and O–H groups in total. The highest BCUT2D eigenvalue weighted by Crippen LogP contribution is 2.21. The predicted octanol–water partition coefficient (Wildman–Crippen LogP) is 3.15. The van der Waals surface area contributed by atoms with Crippen LogP contribution in [0.4, 0.5) is 4.39 Å². The summed E-state index contributed by atoms with van der Waals surface area (Å²) >= 11 is 1.65. The minimum atomic E-state index is -0.199. The summed E-state index contributed by atoms with van der Waals surface area (Å²) in [5, 5.41) is 2.72. The minimum absolute atomic E-state index is 0.199. The molecule has 1 aliphatic heterocycles. The number of rotatable bonds is 4. The smallest absolute Gasteiger partial charge is 0.132 e. The molecule has 1 aromatic carbocycles. The van der Waals surface area contributed by atoms with Gasteiger partial charge in [0.15, 0.2) is 0 Å². The van der Waals surface area contributed by atoms with Crippen molar-refractivity contribution in [3.8, 4) is 0 Å². The van der Waals surface area contributed by atoms with Gasteiger partial charge in [0, 0.05) is 56.2 Å². The molecule has 0 aliphatic carbocycles. The van der Waals surface area contributed by atoms with Crippen molar-refractivity contribution in [3.63, 3.8) is 0 Å². The molecule has 0 unspecified atom stereocenters. The van der Waals surface area contributed by atoms with Gasteiger partial charge in [-0.05, 0) is 23.8 Å². The third kappa shape index (κ3) is 3.31. The molecular formula is C18H19FN4S.